The Bertz CT molecular complexity index is 1450. The third-order valence-electron chi connectivity index (χ3n) is 6.08. The summed E-state index contributed by atoms with van der Waals surface area (Å²) >= 11 is 2.90. The molecule has 1 N–H and O–H groups in total. The molecule has 5 rings (SSSR count). The summed E-state index contributed by atoms with van der Waals surface area (Å²) in [5.41, 5.74) is 4.43. The second-order valence-corrected chi connectivity index (χ2v) is 10.1. The first-order valence-electron chi connectivity index (χ1n) is 11.0. The van der Waals surface area contributed by atoms with Crippen molar-refractivity contribution in [1.29, 1.82) is 5.26 Å². The van der Waals surface area contributed by atoms with Gasteiger partial charge in [-0.3, -0.25) is 14.2 Å². The molecule has 8 heteroatoms. The molecule has 0 radical (unpaired) electrons. The molecule has 0 unspecified atom stereocenters. The summed E-state index contributed by atoms with van der Waals surface area (Å²) in [5, 5.41) is 15.5. The molecule has 1 aliphatic rings. The fourth-order valence-corrected chi connectivity index (χ4v) is 6.47. The number of hydrogen-bond acceptors (Lipinski definition) is 6. The maximum Gasteiger partial charge on any atom is 0.263 e. The highest BCUT2D eigenvalue weighted by Crippen LogP contribution is 2.37. The lowest BCUT2D eigenvalue weighted by Gasteiger charge is -2.09. The molecule has 1 aliphatic carbocycles. The number of rotatable bonds is 5. The van der Waals surface area contributed by atoms with E-state index in [-0.39, 0.29) is 18.0 Å². The molecular weight excluding hydrogens is 452 g/mol. The molecule has 0 fully saturated rings. The monoisotopic (exact) mass is 474 g/mol. The van der Waals surface area contributed by atoms with Crippen LogP contribution in [0.15, 0.2) is 40.8 Å². The van der Waals surface area contributed by atoms with Crippen LogP contribution in [0, 0.1) is 11.3 Å². The Balaban J connectivity index is 1.43. The number of aryl methyl sites for hydroxylation is 2. The van der Waals surface area contributed by atoms with Gasteiger partial charge in [-0.2, -0.15) is 5.26 Å². The van der Waals surface area contributed by atoms with Crippen LogP contribution in [0.2, 0.25) is 0 Å². The smallest absolute Gasteiger partial charge is 0.263 e. The normalized spacial score (nSPS) is 13.0. The van der Waals surface area contributed by atoms with Crippen molar-refractivity contribution in [1.82, 2.24) is 9.55 Å². The average molecular weight is 475 g/mol. The summed E-state index contributed by atoms with van der Waals surface area (Å²) in [5.74, 6) is -0.336. The average Bonchev–Trinajstić information content (AvgIpc) is 3.42. The number of anilines is 1. The highest BCUT2D eigenvalue weighted by atomic mass is 32.1. The van der Waals surface area contributed by atoms with Crippen molar-refractivity contribution in [2.75, 3.05) is 5.32 Å². The van der Waals surface area contributed by atoms with Gasteiger partial charge < -0.3 is 5.32 Å². The van der Waals surface area contributed by atoms with E-state index >= 15 is 0 Å². The van der Waals surface area contributed by atoms with Crippen molar-refractivity contribution in [3.8, 4) is 17.2 Å². The SMILES string of the molecule is CCc1ccc(-c2csc3ncn(CC(=O)Nc4sc5c(c4C#N)CCCC5)c(=O)c23)cc1. The number of amides is 1. The quantitative estimate of drug-likeness (QED) is 0.434. The lowest BCUT2D eigenvalue weighted by atomic mass is 9.96. The van der Waals surface area contributed by atoms with E-state index in [1.165, 1.54) is 44.0 Å². The molecule has 3 heterocycles. The van der Waals surface area contributed by atoms with Gasteiger partial charge in [0.1, 0.15) is 22.4 Å². The van der Waals surface area contributed by atoms with E-state index < -0.39 is 0 Å². The van der Waals surface area contributed by atoms with Gasteiger partial charge in [0, 0.05) is 15.8 Å². The van der Waals surface area contributed by atoms with Crippen LogP contribution in [0.25, 0.3) is 21.3 Å². The van der Waals surface area contributed by atoms with Crippen LogP contribution in [0.1, 0.15) is 41.3 Å². The van der Waals surface area contributed by atoms with Gasteiger partial charge in [-0.1, -0.05) is 31.2 Å². The van der Waals surface area contributed by atoms with Gasteiger partial charge in [-0.05, 0) is 48.8 Å². The molecule has 166 valence electrons. The molecule has 4 aromatic rings. The molecule has 0 bridgehead atoms. The number of nitrogens with one attached hydrogen (secondary N) is 1. The lowest BCUT2D eigenvalue weighted by Crippen LogP contribution is -2.27. The maximum absolute atomic E-state index is 13.3. The first-order valence-corrected chi connectivity index (χ1v) is 12.7. The molecular formula is C25H22N4O2S2. The third kappa shape index (κ3) is 3.99. The summed E-state index contributed by atoms with van der Waals surface area (Å²) in [6.45, 7) is 1.95. The van der Waals surface area contributed by atoms with Gasteiger partial charge in [0.25, 0.3) is 5.56 Å². The number of carbonyl (C=O) groups is 1. The Labute approximate surface area is 199 Å². The standard InChI is InChI=1S/C25H22N4O2S2/c1-2-15-7-9-16(10-8-15)19-13-32-24-22(19)25(31)29(14-27-24)12-21(30)28-23-18(11-26)17-5-3-4-6-20(17)33-23/h7-10,13-14H,2-6,12H2,1H3,(H,28,30). The van der Waals surface area contributed by atoms with Gasteiger partial charge in [0.05, 0.1) is 17.3 Å². The van der Waals surface area contributed by atoms with Gasteiger partial charge in [0.2, 0.25) is 5.91 Å². The summed E-state index contributed by atoms with van der Waals surface area (Å²) < 4.78 is 1.34. The van der Waals surface area contributed by atoms with Crippen molar-refractivity contribution in [2.45, 2.75) is 45.6 Å². The van der Waals surface area contributed by atoms with Crippen LogP contribution < -0.4 is 10.9 Å². The summed E-state index contributed by atoms with van der Waals surface area (Å²) in [4.78, 5) is 32.4. The van der Waals surface area contributed by atoms with E-state index in [0.717, 1.165) is 48.8 Å². The van der Waals surface area contributed by atoms with Crippen LogP contribution in [-0.2, 0) is 30.6 Å². The number of nitriles is 1. The van der Waals surface area contributed by atoms with Crippen LogP contribution in [0.3, 0.4) is 0 Å². The zero-order valence-corrected chi connectivity index (χ0v) is 19.8. The molecule has 33 heavy (non-hydrogen) atoms. The predicted octanol–water partition coefficient (Wildman–Crippen LogP) is 5.14. The zero-order chi connectivity index (χ0) is 22.9. The first-order chi connectivity index (χ1) is 16.1. The Hall–Kier alpha value is -3.28. The molecule has 0 atom stereocenters. The number of nitrogens with zero attached hydrogens (tertiary/aromatic N) is 3. The Morgan fingerprint density at radius 2 is 2.03 bits per heavy atom. The maximum atomic E-state index is 13.3. The minimum atomic E-state index is -0.336. The van der Waals surface area contributed by atoms with Crippen LogP contribution >= 0.6 is 22.7 Å². The second kappa shape index (κ2) is 8.93. The fraction of sp³-hybridized carbons (Fsp3) is 0.280. The molecule has 0 saturated heterocycles. The topological polar surface area (TPSA) is 87.8 Å². The van der Waals surface area contributed by atoms with E-state index in [4.69, 9.17) is 0 Å². The molecule has 6 nitrogen and oxygen atoms in total. The number of aromatic nitrogens is 2. The molecule has 1 aromatic carbocycles. The Morgan fingerprint density at radius 3 is 2.79 bits per heavy atom. The highest BCUT2D eigenvalue weighted by molar-refractivity contribution is 7.17. The molecule has 0 saturated carbocycles. The minimum absolute atomic E-state index is 0.154. The van der Waals surface area contributed by atoms with Gasteiger partial charge in [-0.15, -0.1) is 22.7 Å². The van der Waals surface area contributed by atoms with Crippen molar-refractivity contribution in [3.05, 3.63) is 67.9 Å². The fourth-order valence-electron chi connectivity index (χ4n) is 4.31. The van der Waals surface area contributed by atoms with Crippen LogP contribution in [-0.4, -0.2) is 15.5 Å². The Kier molecular flexibility index (Phi) is 5.83. The number of fused-ring (bicyclic) bond motifs is 2. The predicted molar refractivity (Wildman–Crippen MR) is 133 cm³/mol. The molecule has 1 amide bonds. The minimum Gasteiger partial charge on any atom is -0.315 e. The van der Waals surface area contributed by atoms with E-state index in [1.807, 2.05) is 17.5 Å². The summed E-state index contributed by atoms with van der Waals surface area (Å²) in [6.07, 6.45) is 6.38. The first kappa shape index (κ1) is 21.6. The van der Waals surface area contributed by atoms with Gasteiger partial charge in [-0.25, -0.2) is 4.98 Å². The lowest BCUT2D eigenvalue weighted by molar-refractivity contribution is -0.116. The van der Waals surface area contributed by atoms with Gasteiger partial charge >= 0.3 is 0 Å². The van der Waals surface area contributed by atoms with E-state index in [2.05, 4.69) is 35.4 Å². The Morgan fingerprint density at radius 1 is 1.24 bits per heavy atom. The van der Waals surface area contributed by atoms with Crippen molar-refractivity contribution in [2.24, 2.45) is 0 Å². The summed E-state index contributed by atoms with van der Waals surface area (Å²) in [6, 6.07) is 10.4. The van der Waals surface area contributed by atoms with E-state index in [0.29, 0.717) is 20.8 Å². The van der Waals surface area contributed by atoms with Gasteiger partial charge in [0.15, 0.2) is 0 Å². The van der Waals surface area contributed by atoms with E-state index in [1.54, 1.807) is 0 Å². The van der Waals surface area contributed by atoms with Crippen LogP contribution in [0.4, 0.5) is 5.00 Å². The van der Waals surface area contributed by atoms with Crippen molar-refractivity contribution >= 4 is 43.8 Å². The molecule has 0 aliphatic heterocycles. The van der Waals surface area contributed by atoms with Crippen molar-refractivity contribution < 1.29 is 4.79 Å². The molecule has 0 spiro atoms. The number of thiophene rings is 2. The highest BCUT2D eigenvalue weighted by Gasteiger charge is 2.22. The van der Waals surface area contributed by atoms with Crippen molar-refractivity contribution in [3.63, 3.8) is 0 Å². The summed E-state index contributed by atoms with van der Waals surface area (Å²) in [7, 11) is 0. The number of benzene rings is 1. The van der Waals surface area contributed by atoms with E-state index in [9.17, 15) is 14.9 Å². The largest absolute Gasteiger partial charge is 0.315 e. The second-order valence-electron chi connectivity index (χ2n) is 8.13. The third-order valence-corrected chi connectivity index (χ3v) is 8.18. The molecule has 3 aromatic heterocycles. The number of carbonyl (C=O) groups excluding carboxylic acids is 1. The number of hydrogen-bond donors (Lipinski definition) is 1. The zero-order valence-electron chi connectivity index (χ0n) is 18.2. The van der Waals surface area contributed by atoms with Crippen LogP contribution in [0.5, 0.6) is 0 Å².